The maximum Gasteiger partial charge on any atom is 0.0760 e. The van der Waals surface area contributed by atoms with E-state index in [1.807, 2.05) is 16.9 Å². The van der Waals surface area contributed by atoms with E-state index in [2.05, 4.69) is 25.9 Å². The first-order chi connectivity index (χ1) is 5.51. The van der Waals surface area contributed by atoms with Crippen molar-refractivity contribution in [1.82, 2.24) is 9.78 Å². The Labute approximate surface area is 73.6 Å². The molecule has 3 nitrogen and oxygen atoms in total. The van der Waals surface area contributed by atoms with Gasteiger partial charge in [0.2, 0.25) is 0 Å². The van der Waals surface area contributed by atoms with Gasteiger partial charge < -0.3 is 5.73 Å². The maximum atomic E-state index is 5.45. The first-order valence-corrected chi connectivity index (χ1v) is 4.24. The van der Waals surface area contributed by atoms with Crippen molar-refractivity contribution in [3.8, 4) is 0 Å². The second-order valence-corrected chi connectivity index (χ2v) is 4.27. The molecule has 0 amide bonds. The minimum absolute atomic E-state index is 0.276. The Balaban J connectivity index is 2.64. The van der Waals surface area contributed by atoms with Gasteiger partial charge >= 0.3 is 0 Å². The van der Waals surface area contributed by atoms with Crippen LogP contribution < -0.4 is 5.73 Å². The molecule has 1 rings (SSSR count). The molecule has 0 unspecified atom stereocenters. The number of hydrogen-bond acceptors (Lipinski definition) is 2. The number of nitrogens with two attached hydrogens (primary N) is 1. The van der Waals surface area contributed by atoms with Crippen molar-refractivity contribution < 1.29 is 0 Å². The number of rotatable bonds is 2. The van der Waals surface area contributed by atoms with Crippen molar-refractivity contribution in [2.45, 2.75) is 33.9 Å². The van der Waals surface area contributed by atoms with Gasteiger partial charge in [0.05, 0.1) is 5.69 Å². The molecule has 1 aromatic heterocycles. The van der Waals surface area contributed by atoms with Gasteiger partial charge in [0.25, 0.3) is 0 Å². The summed E-state index contributed by atoms with van der Waals surface area (Å²) in [4.78, 5) is 0. The lowest BCUT2D eigenvalue weighted by Gasteiger charge is -2.17. The van der Waals surface area contributed by atoms with Crippen LogP contribution in [0.1, 0.15) is 26.5 Å². The molecule has 0 aliphatic carbocycles. The van der Waals surface area contributed by atoms with E-state index in [4.69, 9.17) is 5.73 Å². The van der Waals surface area contributed by atoms with Gasteiger partial charge in [-0.2, -0.15) is 5.10 Å². The smallest absolute Gasteiger partial charge is 0.0760 e. The van der Waals surface area contributed by atoms with Crippen LogP contribution in [0.4, 0.5) is 0 Å². The molecule has 0 aliphatic heterocycles. The molecular formula is C9H17N3. The highest BCUT2D eigenvalue weighted by molar-refractivity contribution is 4.97. The van der Waals surface area contributed by atoms with Crippen molar-refractivity contribution in [2.75, 3.05) is 0 Å². The lowest BCUT2D eigenvalue weighted by Crippen LogP contribution is -2.16. The summed E-state index contributed by atoms with van der Waals surface area (Å²) in [5.74, 6) is 0. The van der Waals surface area contributed by atoms with Crippen molar-refractivity contribution in [1.29, 1.82) is 0 Å². The number of nitrogens with zero attached hydrogens (tertiary/aromatic N) is 2. The summed E-state index contributed by atoms with van der Waals surface area (Å²) in [6.07, 6.45) is 1.98. The standard InChI is InChI=1S/C9H17N3/c1-9(2,3)7-12-5-4-8(6-10)11-12/h4-5H,6-7,10H2,1-3H3. The lowest BCUT2D eigenvalue weighted by atomic mass is 9.97. The molecule has 0 saturated heterocycles. The van der Waals surface area contributed by atoms with Crippen LogP contribution in [0, 0.1) is 5.41 Å². The highest BCUT2D eigenvalue weighted by atomic mass is 15.3. The highest BCUT2D eigenvalue weighted by Gasteiger charge is 2.11. The molecule has 0 aliphatic rings. The lowest BCUT2D eigenvalue weighted by molar-refractivity contribution is 0.324. The zero-order chi connectivity index (χ0) is 9.19. The quantitative estimate of drug-likeness (QED) is 0.723. The van der Waals surface area contributed by atoms with Crippen LogP contribution in [0.2, 0.25) is 0 Å². The summed E-state index contributed by atoms with van der Waals surface area (Å²) in [6.45, 7) is 8.04. The van der Waals surface area contributed by atoms with Crippen molar-refractivity contribution >= 4 is 0 Å². The molecule has 0 aromatic carbocycles. The topological polar surface area (TPSA) is 43.8 Å². The summed E-state index contributed by atoms with van der Waals surface area (Å²) >= 11 is 0. The zero-order valence-corrected chi connectivity index (χ0v) is 8.04. The third-order valence-corrected chi connectivity index (χ3v) is 1.54. The second kappa shape index (κ2) is 3.27. The Hall–Kier alpha value is -0.830. The number of aromatic nitrogens is 2. The predicted octanol–water partition coefficient (Wildman–Crippen LogP) is 1.39. The summed E-state index contributed by atoms with van der Waals surface area (Å²) in [6, 6.07) is 1.96. The second-order valence-electron chi connectivity index (χ2n) is 4.27. The fraction of sp³-hybridized carbons (Fsp3) is 0.667. The van der Waals surface area contributed by atoms with Crippen LogP contribution >= 0.6 is 0 Å². The summed E-state index contributed by atoms with van der Waals surface area (Å²) in [7, 11) is 0. The van der Waals surface area contributed by atoms with E-state index in [-0.39, 0.29) is 5.41 Å². The summed E-state index contributed by atoms with van der Waals surface area (Å²) in [5.41, 5.74) is 6.68. The van der Waals surface area contributed by atoms with Crippen molar-refractivity contribution in [2.24, 2.45) is 11.1 Å². The molecule has 0 saturated carbocycles. The Morgan fingerprint density at radius 1 is 1.50 bits per heavy atom. The van der Waals surface area contributed by atoms with E-state index >= 15 is 0 Å². The van der Waals surface area contributed by atoms with E-state index < -0.39 is 0 Å². The summed E-state index contributed by atoms with van der Waals surface area (Å²) in [5, 5.41) is 4.31. The maximum absolute atomic E-state index is 5.45. The molecule has 0 fully saturated rings. The van der Waals surface area contributed by atoms with Gasteiger partial charge in [0.15, 0.2) is 0 Å². The highest BCUT2D eigenvalue weighted by Crippen LogP contribution is 2.15. The fourth-order valence-corrected chi connectivity index (χ4v) is 1.09. The van der Waals surface area contributed by atoms with Crippen LogP contribution in [-0.2, 0) is 13.1 Å². The SMILES string of the molecule is CC(C)(C)Cn1ccc(CN)n1. The van der Waals surface area contributed by atoms with Crippen molar-refractivity contribution in [3.63, 3.8) is 0 Å². The van der Waals surface area contributed by atoms with E-state index in [0.717, 1.165) is 12.2 Å². The Morgan fingerprint density at radius 3 is 2.58 bits per heavy atom. The van der Waals surface area contributed by atoms with Gasteiger partial charge in [-0.1, -0.05) is 20.8 Å². The van der Waals surface area contributed by atoms with Gasteiger partial charge in [-0.25, -0.2) is 0 Å². The molecule has 3 heteroatoms. The first kappa shape index (κ1) is 9.26. The van der Waals surface area contributed by atoms with Crippen LogP contribution in [0.5, 0.6) is 0 Å². The van der Waals surface area contributed by atoms with Gasteiger partial charge in [-0.15, -0.1) is 0 Å². The third kappa shape index (κ3) is 2.66. The molecular weight excluding hydrogens is 150 g/mol. The van der Waals surface area contributed by atoms with E-state index in [0.29, 0.717) is 6.54 Å². The molecule has 68 valence electrons. The largest absolute Gasteiger partial charge is 0.325 e. The van der Waals surface area contributed by atoms with Gasteiger partial charge in [-0.05, 0) is 11.5 Å². The zero-order valence-electron chi connectivity index (χ0n) is 8.04. The van der Waals surface area contributed by atoms with Gasteiger partial charge in [0, 0.05) is 19.3 Å². The van der Waals surface area contributed by atoms with Crippen LogP contribution in [0.15, 0.2) is 12.3 Å². The Morgan fingerprint density at radius 2 is 2.17 bits per heavy atom. The minimum atomic E-state index is 0.276. The molecule has 0 bridgehead atoms. The summed E-state index contributed by atoms with van der Waals surface area (Å²) < 4.78 is 1.95. The number of hydrogen-bond donors (Lipinski definition) is 1. The van der Waals surface area contributed by atoms with E-state index in [1.165, 1.54) is 0 Å². The van der Waals surface area contributed by atoms with Crippen LogP contribution in [0.3, 0.4) is 0 Å². The normalized spacial score (nSPS) is 12.0. The predicted molar refractivity (Wildman–Crippen MR) is 49.6 cm³/mol. The first-order valence-electron chi connectivity index (χ1n) is 4.24. The fourth-order valence-electron chi connectivity index (χ4n) is 1.09. The van der Waals surface area contributed by atoms with E-state index in [1.54, 1.807) is 0 Å². The van der Waals surface area contributed by atoms with Gasteiger partial charge in [-0.3, -0.25) is 4.68 Å². The molecule has 0 spiro atoms. The average Bonchev–Trinajstić information content (AvgIpc) is 2.32. The van der Waals surface area contributed by atoms with Crippen LogP contribution in [-0.4, -0.2) is 9.78 Å². The Kier molecular flexibility index (Phi) is 2.52. The Bertz CT molecular complexity index is 245. The molecule has 12 heavy (non-hydrogen) atoms. The molecule has 0 atom stereocenters. The minimum Gasteiger partial charge on any atom is -0.325 e. The third-order valence-electron chi connectivity index (χ3n) is 1.54. The van der Waals surface area contributed by atoms with Crippen LogP contribution in [0.25, 0.3) is 0 Å². The molecule has 1 aromatic rings. The molecule has 2 N–H and O–H groups in total. The molecule has 0 radical (unpaired) electrons. The monoisotopic (exact) mass is 167 g/mol. The van der Waals surface area contributed by atoms with Crippen molar-refractivity contribution in [3.05, 3.63) is 18.0 Å². The van der Waals surface area contributed by atoms with Gasteiger partial charge in [0.1, 0.15) is 0 Å². The average molecular weight is 167 g/mol. The van der Waals surface area contributed by atoms with E-state index in [9.17, 15) is 0 Å². The molecule has 1 heterocycles.